The average molecular weight is 699 g/mol. The first-order valence-electron chi connectivity index (χ1n) is 14.6. The lowest BCUT2D eigenvalue weighted by Crippen LogP contribution is -2.49. The molecule has 0 radical (unpaired) electrons. The molecule has 0 aliphatic heterocycles. The van der Waals surface area contributed by atoms with Crippen molar-refractivity contribution in [3.05, 3.63) is 71.1 Å². The van der Waals surface area contributed by atoms with Crippen LogP contribution in [0.4, 0.5) is 18.0 Å². The van der Waals surface area contributed by atoms with Gasteiger partial charge in [-0.25, -0.2) is 22.6 Å². The molecule has 0 saturated heterocycles. The predicted octanol–water partition coefficient (Wildman–Crippen LogP) is 5.73. The van der Waals surface area contributed by atoms with Gasteiger partial charge >= 0.3 is 12.3 Å². The number of aromatic nitrogens is 2. The Kier molecular flexibility index (Phi) is 12.0. The Morgan fingerprint density at radius 2 is 1.65 bits per heavy atom. The first-order valence-corrected chi connectivity index (χ1v) is 16.1. The van der Waals surface area contributed by atoms with Crippen molar-refractivity contribution >= 4 is 22.1 Å². The minimum absolute atomic E-state index is 0.0143. The third kappa shape index (κ3) is 10.1. The number of likely N-dealkylation sites (N-methyl/N-ethyl adjacent to an activating group) is 1. The number of alkyl halides is 3. The zero-order chi connectivity index (χ0) is 36.0. The molecule has 262 valence electrons. The maximum Gasteiger partial charge on any atom is 0.511 e. The number of benzene rings is 2. The fourth-order valence-electron chi connectivity index (χ4n) is 4.21. The molecule has 2 atom stereocenters. The number of aryl methyl sites for hydroxylation is 1. The van der Waals surface area contributed by atoms with E-state index in [1.54, 1.807) is 52.0 Å². The van der Waals surface area contributed by atoms with E-state index in [1.807, 2.05) is 11.6 Å². The van der Waals surface area contributed by atoms with E-state index in [-0.39, 0.29) is 33.6 Å². The summed E-state index contributed by atoms with van der Waals surface area (Å²) in [7, 11) is -3.34. The Labute approximate surface area is 275 Å². The fourth-order valence-corrected chi connectivity index (χ4v) is 5.22. The van der Waals surface area contributed by atoms with E-state index in [0.717, 1.165) is 33.5 Å². The fraction of sp³-hybridized carbons (Fsp3) is 0.433. The largest absolute Gasteiger partial charge is 0.569 e. The van der Waals surface area contributed by atoms with Crippen molar-refractivity contribution in [1.29, 1.82) is 0 Å². The number of hydrogen-bond acceptors (Lipinski definition) is 10. The zero-order valence-corrected chi connectivity index (χ0v) is 28.1. The number of sulfonamides is 1. The monoisotopic (exact) mass is 698 g/mol. The van der Waals surface area contributed by atoms with E-state index in [1.165, 1.54) is 26.1 Å². The van der Waals surface area contributed by atoms with Crippen LogP contribution in [-0.4, -0.2) is 65.7 Å². The summed E-state index contributed by atoms with van der Waals surface area (Å²) in [5.74, 6) is -1.26. The second-order valence-corrected chi connectivity index (χ2v) is 13.1. The molecule has 1 heterocycles. The van der Waals surface area contributed by atoms with Gasteiger partial charge in [-0.05, 0) is 63.4 Å². The lowest BCUT2D eigenvalue weighted by molar-refractivity contribution is -0.712. The molecular weight excluding hydrogens is 661 g/mol. The molecule has 1 N–H and O–H groups in total. The SMILES string of the molecule is Cc1ccc(-c2cc(C(F)(F)F)nn2-c2ccc(S(=O)(=O)NC(=O)[C@H](CC(C)C)N(C)[N+]([O-])=NOC(C)OC(=O)OC(C)C)cc2)cc1. The van der Waals surface area contributed by atoms with Gasteiger partial charge in [-0.15, -0.1) is 5.01 Å². The van der Waals surface area contributed by atoms with Crippen LogP contribution in [-0.2, 0) is 35.3 Å². The number of amides is 1. The van der Waals surface area contributed by atoms with Gasteiger partial charge in [-0.3, -0.25) is 9.63 Å². The quantitative estimate of drug-likeness (QED) is 0.0765. The van der Waals surface area contributed by atoms with Crippen molar-refractivity contribution in [1.82, 2.24) is 19.5 Å². The predicted molar refractivity (Wildman–Crippen MR) is 164 cm³/mol. The molecule has 2 aromatic carbocycles. The van der Waals surface area contributed by atoms with E-state index < -0.39 is 52.4 Å². The topological polar surface area (TPSA) is 167 Å². The standard InChI is InChI=1S/C30H37F3N6O8S/c1-18(2)16-26(37(7)39(42)36-47-21(6)46-29(41)45-19(3)4)28(40)35-48(43,44)24-14-12-23(13-15-24)38-25(17-27(34-38)30(31,32)33)22-10-8-20(5)9-11-22/h8-15,17-19,21,26H,16H2,1-7H3,(H,35,40)/t21?,26-/m0/s1. The molecule has 1 aromatic heterocycles. The van der Waals surface area contributed by atoms with Crippen molar-refractivity contribution in [2.75, 3.05) is 7.05 Å². The Hall–Kier alpha value is -4.87. The normalized spacial score (nSPS) is 13.6. The van der Waals surface area contributed by atoms with Crippen molar-refractivity contribution in [2.24, 2.45) is 11.2 Å². The van der Waals surface area contributed by atoms with Gasteiger partial charge in [0.2, 0.25) is 5.28 Å². The van der Waals surface area contributed by atoms with Gasteiger partial charge in [0.25, 0.3) is 22.2 Å². The van der Waals surface area contributed by atoms with Crippen LogP contribution in [0.15, 0.2) is 64.8 Å². The molecule has 48 heavy (non-hydrogen) atoms. The molecule has 14 nitrogen and oxygen atoms in total. The highest BCUT2D eigenvalue weighted by Crippen LogP contribution is 2.33. The third-order valence-corrected chi connectivity index (χ3v) is 7.91. The molecule has 0 aliphatic carbocycles. The highest BCUT2D eigenvalue weighted by Gasteiger charge is 2.36. The summed E-state index contributed by atoms with van der Waals surface area (Å²) in [4.78, 5) is 29.2. The Morgan fingerprint density at radius 1 is 1.04 bits per heavy atom. The van der Waals surface area contributed by atoms with Gasteiger partial charge in [-0.2, -0.15) is 18.3 Å². The average Bonchev–Trinajstić information content (AvgIpc) is 3.44. The summed E-state index contributed by atoms with van der Waals surface area (Å²) in [6.07, 6.45) is -7.58. The number of carbonyl (C=O) groups excluding carboxylic acids is 2. The van der Waals surface area contributed by atoms with Crippen molar-refractivity contribution in [2.45, 2.75) is 77.5 Å². The molecule has 1 unspecified atom stereocenters. The van der Waals surface area contributed by atoms with Gasteiger partial charge in [0.05, 0.1) is 34.4 Å². The lowest BCUT2D eigenvalue weighted by atomic mass is 10.0. The van der Waals surface area contributed by atoms with Crippen molar-refractivity contribution < 1.29 is 50.5 Å². The van der Waals surface area contributed by atoms with E-state index in [2.05, 4.69) is 10.4 Å². The van der Waals surface area contributed by atoms with Gasteiger partial charge in [0.15, 0.2) is 11.7 Å². The maximum absolute atomic E-state index is 13.6. The van der Waals surface area contributed by atoms with Gasteiger partial charge in [-0.1, -0.05) is 43.7 Å². The molecule has 3 aromatic rings. The van der Waals surface area contributed by atoms with E-state index in [0.29, 0.717) is 5.56 Å². The van der Waals surface area contributed by atoms with Crippen LogP contribution in [0.1, 0.15) is 52.3 Å². The minimum Gasteiger partial charge on any atom is -0.569 e. The second-order valence-electron chi connectivity index (χ2n) is 11.4. The lowest BCUT2D eigenvalue weighted by Gasteiger charge is -2.24. The molecule has 0 fully saturated rings. The van der Waals surface area contributed by atoms with E-state index in [9.17, 15) is 36.4 Å². The Morgan fingerprint density at radius 3 is 2.19 bits per heavy atom. The number of ether oxygens (including phenoxy) is 2. The summed E-state index contributed by atoms with van der Waals surface area (Å²) in [5.41, 5.74) is 0.465. The van der Waals surface area contributed by atoms with E-state index in [4.69, 9.17) is 14.3 Å². The highest BCUT2D eigenvalue weighted by molar-refractivity contribution is 7.90. The van der Waals surface area contributed by atoms with Gasteiger partial charge < -0.3 is 14.7 Å². The van der Waals surface area contributed by atoms with Crippen LogP contribution in [0, 0.1) is 18.0 Å². The van der Waals surface area contributed by atoms with Crippen LogP contribution >= 0.6 is 0 Å². The molecule has 18 heteroatoms. The number of nitrogens with zero attached hydrogens (tertiary/aromatic N) is 5. The van der Waals surface area contributed by atoms with Crippen LogP contribution in [0.2, 0.25) is 0 Å². The van der Waals surface area contributed by atoms with Gasteiger partial charge in [0.1, 0.15) is 0 Å². The zero-order valence-electron chi connectivity index (χ0n) is 27.3. The molecule has 3 rings (SSSR count). The van der Waals surface area contributed by atoms with E-state index >= 15 is 0 Å². The number of nitrogens with one attached hydrogen (secondary N) is 1. The minimum atomic E-state index is -4.73. The van der Waals surface area contributed by atoms with Crippen molar-refractivity contribution in [3.8, 4) is 16.9 Å². The number of rotatable bonds is 13. The first kappa shape index (κ1) is 37.6. The second kappa shape index (κ2) is 15.4. The number of hydrazine groups is 1. The number of carbonyl (C=O) groups is 2. The summed E-state index contributed by atoms with van der Waals surface area (Å²) in [6, 6.07) is 11.0. The van der Waals surface area contributed by atoms with Crippen LogP contribution in [0.3, 0.4) is 0 Å². The molecule has 0 spiro atoms. The first-order chi connectivity index (χ1) is 22.3. The summed E-state index contributed by atoms with van der Waals surface area (Å²) in [6.45, 7) is 9.77. The number of hydrogen-bond donors (Lipinski definition) is 1. The molecule has 1 amide bonds. The van der Waals surface area contributed by atoms with Crippen LogP contribution in [0.5, 0.6) is 0 Å². The summed E-state index contributed by atoms with van der Waals surface area (Å²) >= 11 is 0. The smallest absolute Gasteiger partial charge is 0.511 e. The highest BCUT2D eigenvalue weighted by atomic mass is 32.2. The van der Waals surface area contributed by atoms with Crippen LogP contribution < -0.4 is 4.72 Å². The molecule has 0 aliphatic rings. The number of halogens is 3. The molecule has 0 bridgehead atoms. The van der Waals surface area contributed by atoms with Crippen molar-refractivity contribution in [3.63, 3.8) is 0 Å². The third-order valence-electron chi connectivity index (χ3n) is 6.55. The van der Waals surface area contributed by atoms with Gasteiger partial charge in [0, 0.05) is 12.5 Å². The maximum atomic E-state index is 13.6. The van der Waals surface area contributed by atoms with Crippen LogP contribution in [0.25, 0.3) is 16.9 Å². The summed E-state index contributed by atoms with van der Waals surface area (Å²) in [5, 5.41) is 20.4. The molecular formula is C30H37F3N6O8S. The molecule has 0 saturated carbocycles. The summed E-state index contributed by atoms with van der Waals surface area (Å²) < 4.78 is 79.7. The Bertz CT molecular complexity index is 1710. The Balaban J connectivity index is 1.82.